The number of halogens is 2. The summed E-state index contributed by atoms with van der Waals surface area (Å²) in [6.45, 7) is 5.85. The van der Waals surface area contributed by atoms with E-state index < -0.39 is 0 Å². The van der Waals surface area contributed by atoms with E-state index in [1.54, 1.807) is 69.6 Å². The van der Waals surface area contributed by atoms with Gasteiger partial charge in [-0.05, 0) is 72.1 Å². The highest BCUT2D eigenvalue weighted by Gasteiger charge is 2.24. The average Bonchev–Trinajstić information content (AvgIpc) is 3.92. The van der Waals surface area contributed by atoms with Crippen LogP contribution in [0.5, 0.6) is 11.5 Å². The van der Waals surface area contributed by atoms with Gasteiger partial charge in [-0.15, -0.1) is 45.3 Å². The van der Waals surface area contributed by atoms with Crippen LogP contribution >= 0.6 is 45.3 Å². The zero-order valence-electron chi connectivity index (χ0n) is 31.6. The Morgan fingerprint density at radius 1 is 0.407 bits per heavy atom. The molecule has 0 radical (unpaired) electrons. The Kier molecular flexibility index (Phi) is 12.2. The SMILES string of the molecule is CCCCCCCCCCOc1cc2c(cc1OCCCCCCCCCC)c1c3sc4ccc(F)cc4c3sc1c1sc3c4cc(F)ccc4sc3c21. The summed E-state index contributed by atoms with van der Waals surface area (Å²) in [5.41, 5.74) is 0. The fourth-order valence-corrected chi connectivity index (χ4v) is 13.7. The highest BCUT2D eigenvalue weighted by Crippen LogP contribution is 2.56. The van der Waals surface area contributed by atoms with Gasteiger partial charge in [-0.3, -0.25) is 0 Å². The van der Waals surface area contributed by atoms with E-state index >= 15 is 0 Å². The topological polar surface area (TPSA) is 18.5 Å². The third-order valence-corrected chi connectivity index (χ3v) is 16.1. The molecule has 2 nitrogen and oxygen atoms in total. The van der Waals surface area contributed by atoms with E-state index in [2.05, 4.69) is 26.0 Å². The monoisotopic (exact) mass is 800 g/mol. The van der Waals surface area contributed by atoms with Gasteiger partial charge in [0.25, 0.3) is 0 Å². The molecule has 0 aliphatic carbocycles. The highest BCUT2D eigenvalue weighted by molar-refractivity contribution is 7.41. The van der Waals surface area contributed by atoms with Crippen LogP contribution in [0.2, 0.25) is 0 Å². The molecule has 0 amide bonds. The van der Waals surface area contributed by atoms with Gasteiger partial charge in [0.15, 0.2) is 11.5 Å². The van der Waals surface area contributed by atoms with E-state index in [-0.39, 0.29) is 11.6 Å². The Bertz CT molecular complexity index is 2360. The van der Waals surface area contributed by atoms with Gasteiger partial charge in [0, 0.05) is 30.9 Å². The first kappa shape index (κ1) is 37.9. The summed E-state index contributed by atoms with van der Waals surface area (Å²) in [4.78, 5) is 0. The van der Waals surface area contributed by atoms with Crippen LogP contribution in [-0.2, 0) is 0 Å². The Morgan fingerprint density at radius 2 is 0.778 bits per heavy atom. The molecule has 0 aliphatic rings. The van der Waals surface area contributed by atoms with Crippen LogP contribution in [0.3, 0.4) is 0 Å². The first-order valence-corrected chi connectivity index (χ1v) is 23.6. The molecular formula is C46H50F2O2S4. The Morgan fingerprint density at radius 3 is 1.19 bits per heavy atom. The smallest absolute Gasteiger partial charge is 0.161 e. The van der Waals surface area contributed by atoms with Gasteiger partial charge >= 0.3 is 0 Å². The fourth-order valence-electron chi connectivity index (χ4n) is 7.98. The molecule has 8 aromatic rings. The van der Waals surface area contributed by atoms with Gasteiger partial charge in [0.1, 0.15) is 11.6 Å². The number of rotatable bonds is 20. The highest BCUT2D eigenvalue weighted by atomic mass is 32.1. The number of benzene rings is 4. The minimum absolute atomic E-state index is 0.213. The maximum absolute atomic E-state index is 14.6. The van der Waals surface area contributed by atoms with Crippen LogP contribution in [0.15, 0.2) is 48.5 Å². The van der Waals surface area contributed by atoms with Crippen molar-refractivity contribution in [1.29, 1.82) is 0 Å². The van der Waals surface area contributed by atoms with Crippen molar-refractivity contribution in [3.8, 4) is 11.5 Å². The zero-order chi connectivity index (χ0) is 37.0. The number of thiophene rings is 4. The van der Waals surface area contributed by atoms with E-state index in [9.17, 15) is 8.78 Å². The quantitative estimate of drug-likeness (QED) is 0.0715. The van der Waals surface area contributed by atoms with E-state index in [1.807, 2.05) is 12.1 Å². The number of ether oxygens (including phenoxy) is 2. The van der Waals surface area contributed by atoms with Crippen LogP contribution in [0.25, 0.3) is 69.9 Å². The van der Waals surface area contributed by atoms with Crippen molar-refractivity contribution in [3.05, 3.63) is 60.2 Å². The van der Waals surface area contributed by atoms with E-state index in [1.165, 1.54) is 119 Å². The summed E-state index contributed by atoms with van der Waals surface area (Å²) in [6.07, 6.45) is 20.0. The van der Waals surface area contributed by atoms with Crippen molar-refractivity contribution in [2.24, 2.45) is 0 Å². The molecule has 0 atom stereocenters. The lowest BCUT2D eigenvalue weighted by molar-refractivity contribution is 0.259. The zero-order valence-corrected chi connectivity index (χ0v) is 34.8. The predicted molar refractivity (Wildman–Crippen MR) is 237 cm³/mol. The minimum atomic E-state index is -0.213. The largest absolute Gasteiger partial charge is 0.490 e. The molecule has 54 heavy (non-hydrogen) atoms. The van der Waals surface area contributed by atoms with Gasteiger partial charge in [0.05, 0.1) is 41.4 Å². The lowest BCUT2D eigenvalue weighted by Crippen LogP contribution is -2.03. The molecule has 4 aromatic carbocycles. The minimum Gasteiger partial charge on any atom is -0.490 e. The normalized spacial score (nSPS) is 12.3. The lowest BCUT2D eigenvalue weighted by Gasteiger charge is -2.16. The molecule has 4 heterocycles. The van der Waals surface area contributed by atoms with E-state index in [0.29, 0.717) is 13.2 Å². The summed E-state index contributed by atoms with van der Waals surface area (Å²) in [6, 6.07) is 14.8. The molecule has 0 aliphatic heterocycles. The fraction of sp³-hybridized carbons (Fsp3) is 0.435. The van der Waals surface area contributed by atoms with Crippen LogP contribution in [-0.4, -0.2) is 13.2 Å². The summed E-state index contributed by atoms with van der Waals surface area (Å²) in [5, 5.41) is 6.64. The molecule has 0 saturated heterocycles. The number of hydrogen-bond donors (Lipinski definition) is 0. The lowest BCUT2D eigenvalue weighted by atomic mass is 10.0. The molecule has 4 aromatic heterocycles. The first-order valence-electron chi connectivity index (χ1n) is 20.3. The average molecular weight is 801 g/mol. The number of hydrogen-bond acceptors (Lipinski definition) is 6. The van der Waals surface area contributed by atoms with Crippen LogP contribution < -0.4 is 9.47 Å². The molecule has 0 saturated carbocycles. The Balaban J connectivity index is 1.21. The van der Waals surface area contributed by atoms with Crippen LogP contribution in [0.4, 0.5) is 8.78 Å². The summed E-state index contributed by atoms with van der Waals surface area (Å²) < 4.78 is 51.9. The maximum Gasteiger partial charge on any atom is 0.161 e. The van der Waals surface area contributed by atoms with Crippen LogP contribution in [0, 0.1) is 11.6 Å². The molecule has 284 valence electrons. The number of unbranched alkanes of at least 4 members (excludes halogenated alkanes) is 14. The second-order valence-electron chi connectivity index (χ2n) is 14.9. The van der Waals surface area contributed by atoms with Crippen molar-refractivity contribution in [1.82, 2.24) is 0 Å². The molecule has 8 heteroatoms. The summed E-state index contributed by atoms with van der Waals surface area (Å²) in [5.74, 6) is 1.19. The number of fused-ring (bicyclic) bond motifs is 14. The molecule has 8 rings (SSSR count). The van der Waals surface area contributed by atoms with Crippen LogP contribution in [0.1, 0.15) is 117 Å². The molecule has 0 N–H and O–H groups in total. The summed E-state index contributed by atoms with van der Waals surface area (Å²) >= 11 is 7.01. The third kappa shape index (κ3) is 7.70. The first-order chi connectivity index (χ1) is 26.6. The van der Waals surface area contributed by atoms with E-state index in [4.69, 9.17) is 9.47 Å². The molecule has 0 bridgehead atoms. The van der Waals surface area contributed by atoms with Crippen molar-refractivity contribution in [2.75, 3.05) is 13.2 Å². The van der Waals surface area contributed by atoms with Gasteiger partial charge in [-0.1, -0.05) is 104 Å². The van der Waals surface area contributed by atoms with Crippen molar-refractivity contribution in [3.63, 3.8) is 0 Å². The molecule has 0 unspecified atom stereocenters. The van der Waals surface area contributed by atoms with Gasteiger partial charge < -0.3 is 9.47 Å². The second-order valence-corrected chi connectivity index (χ2v) is 19.1. The van der Waals surface area contributed by atoms with Crippen molar-refractivity contribution < 1.29 is 18.3 Å². The van der Waals surface area contributed by atoms with Gasteiger partial charge in [-0.2, -0.15) is 0 Å². The molecule has 0 fully saturated rings. The molecule has 0 spiro atoms. The standard InChI is InChI=1S/C46H50F2O2S4/c1-3-5-7-9-11-13-15-17-23-49-35-27-31-32(28-36(35)50-24-18-16-14-12-10-8-6-4-2)40-44-42(34-26-30(48)20-22-38(34)52-44)54-46(40)45-39(31)43-41(53-45)33-25-29(47)19-21-37(33)51-43/h19-22,25-28H,3-18,23-24H2,1-2H3. The third-order valence-electron chi connectivity index (χ3n) is 10.9. The predicted octanol–water partition coefficient (Wildman–Crippen LogP) is 17.3. The van der Waals surface area contributed by atoms with E-state index in [0.717, 1.165) is 64.7 Å². The maximum atomic E-state index is 14.6. The Hall–Kier alpha value is -3.04. The van der Waals surface area contributed by atoms with Crippen molar-refractivity contribution >= 4 is 115 Å². The second kappa shape index (κ2) is 17.4. The van der Waals surface area contributed by atoms with Crippen molar-refractivity contribution in [2.45, 2.75) is 117 Å². The Labute approximate surface area is 333 Å². The van der Waals surface area contributed by atoms with Gasteiger partial charge in [-0.25, -0.2) is 8.78 Å². The summed E-state index contributed by atoms with van der Waals surface area (Å²) in [7, 11) is 0. The molecular weight excluding hydrogens is 751 g/mol. The van der Waals surface area contributed by atoms with Gasteiger partial charge in [0.2, 0.25) is 0 Å².